The van der Waals surface area contributed by atoms with E-state index in [1.54, 1.807) is 53.2 Å². The first kappa shape index (κ1) is 18.3. The number of aryl methyl sites for hydroxylation is 2. The van der Waals surface area contributed by atoms with Crippen molar-refractivity contribution in [1.29, 1.82) is 5.26 Å². The van der Waals surface area contributed by atoms with Gasteiger partial charge < -0.3 is 10.5 Å². The van der Waals surface area contributed by atoms with Crippen LogP contribution < -0.4 is 10.5 Å². The molecule has 9 heteroatoms. The number of benzene rings is 1. The second-order valence-corrected chi connectivity index (χ2v) is 6.44. The number of ether oxygens (including phenoxy) is 1. The van der Waals surface area contributed by atoms with Crippen LogP contribution in [0.2, 0.25) is 0 Å². The summed E-state index contributed by atoms with van der Waals surface area (Å²) in [6.07, 6.45) is 6.96. The van der Waals surface area contributed by atoms with Gasteiger partial charge in [0.2, 0.25) is 5.88 Å². The summed E-state index contributed by atoms with van der Waals surface area (Å²) >= 11 is 0. The van der Waals surface area contributed by atoms with E-state index >= 15 is 0 Å². The molecule has 0 aliphatic carbocycles. The van der Waals surface area contributed by atoms with Gasteiger partial charge in [0.1, 0.15) is 5.75 Å². The van der Waals surface area contributed by atoms with Gasteiger partial charge >= 0.3 is 0 Å². The van der Waals surface area contributed by atoms with Crippen LogP contribution in [0.1, 0.15) is 11.1 Å². The fourth-order valence-corrected chi connectivity index (χ4v) is 2.81. The normalized spacial score (nSPS) is 10.7. The van der Waals surface area contributed by atoms with Crippen molar-refractivity contribution in [3.63, 3.8) is 0 Å². The molecule has 0 spiro atoms. The summed E-state index contributed by atoms with van der Waals surface area (Å²) in [5.41, 5.74) is 9.20. The smallest absolute Gasteiger partial charge is 0.218 e. The van der Waals surface area contributed by atoms with E-state index in [0.717, 1.165) is 16.8 Å². The number of hydrogen-bond donors (Lipinski definition) is 1. The third kappa shape index (κ3) is 3.69. The fraction of sp³-hybridized carbons (Fsp3) is 0.150. The minimum Gasteiger partial charge on any atom is -0.438 e. The van der Waals surface area contributed by atoms with Gasteiger partial charge in [0.05, 0.1) is 29.1 Å². The Kier molecular flexibility index (Phi) is 4.76. The van der Waals surface area contributed by atoms with Crippen molar-refractivity contribution in [2.24, 2.45) is 19.8 Å². The van der Waals surface area contributed by atoms with E-state index in [1.165, 1.54) is 0 Å². The molecule has 9 nitrogen and oxygen atoms in total. The van der Waals surface area contributed by atoms with E-state index in [-0.39, 0.29) is 0 Å². The van der Waals surface area contributed by atoms with Gasteiger partial charge in [-0.3, -0.25) is 4.68 Å². The zero-order valence-corrected chi connectivity index (χ0v) is 15.9. The Bertz CT molecular complexity index is 1200. The number of hydrogen-bond acceptors (Lipinski definition) is 7. The topological polar surface area (TPSA) is 120 Å². The van der Waals surface area contributed by atoms with E-state index in [2.05, 4.69) is 26.2 Å². The van der Waals surface area contributed by atoms with Gasteiger partial charge in [-0.25, -0.2) is 14.6 Å². The van der Waals surface area contributed by atoms with Crippen molar-refractivity contribution in [1.82, 2.24) is 29.5 Å². The molecule has 4 aromatic rings. The highest BCUT2D eigenvalue weighted by Gasteiger charge is 2.15. The van der Waals surface area contributed by atoms with Gasteiger partial charge in [-0.2, -0.15) is 15.5 Å². The summed E-state index contributed by atoms with van der Waals surface area (Å²) < 4.78 is 9.46. The molecular formula is C20H18N8O. The molecule has 1 aromatic carbocycles. The van der Waals surface area contributed by atoms with Gasteiger partial charge in [0.25, 0.3) is 0 Å². The third-order valence-corrected chi connectivity index (χ3v) is 4.34. The van der Waals surface area contributed by atoms with Gasteiger partial charge in [-0.05, 0) is 18.2 Å². The maximum absolute atomic E-state index is 9.29. The van der Waals surface area contributed by atoms with Crippen molar-refractivity contribution in [2.75, 3.05) is 0 Å². The molecule has 3 heterocycles. The quantitative estimate of drug-likeness (QED) is 0.559. The molecule has 0 saturated heterocycles. The molecule has 3 aromatic heterocycles. The minimum absolute atomic E-state index is 0.364. The summed E-state index contributed by atoms with van der Waals surface area (Å²) in [5, 5.41) is 17.9. The van der Waals surface area contributed by atoms with Crippen molar-refractivity contribution < 1.29 is 4.74 Å². The second-order valence-electron chi connectivity index (χ2n) is 6.44. The van der Waals surface area contributed by atoms with Crippen LogP contribution in [-0.2, 0) is 20.6 Å². The number of nitrogens with two attached hydrogens (primary N) is 1. The van der Waals surface area contributed by atoms with E-state index in [1.807, 2.05) is 19.3 Å². The SMILES string of the molecule is Cn1cc(-c2cc(Oc3cc(C#N)ccc3-c3ncc(CN)cn3)n(C)n2)cn1. The molecule has 0 amide bonds. The molecule has 0 atom stereocenters. The Labute approximate surface area is 167 Å². The molecule has 4 rings (SSSR count). The predicted octanol–water partition coefficient (Wildman–Crippen LogP) is 2.40. The van der Waals surface area contributed by atoms with Crippen LogP contribution in [0.15, 0.2) is 49.1 Å². The Hall–Kier alpha value is -4.03. The van der Waals surface area contributed by atoms with Gasteiger partial charge in [-0.1, -0.05) is 0 Å². The van der Waals surface area contributed by atoms with Crippen LogP contribution in [-0.4, -0.2) is 29.5 Å². The summed E-state index contributed by atoms with van der Waals surface area (Å²) in [4.78, 5) is 8.74. The zero-order chi connectivity index (χ0) is 20.4. The molecule has 0 unspecified atom stereocenters. The summed E-state index contributed by atoms with van der Waals surface area (Å²) in [6, 6.07) is 9.07. The van der Waals surface area contributed by atoms with Crippen LogP contribution in [0.5, 0.6) is 11.6 Å². The first-order valence-electron chi connectivity index (χ1n) is 8.84. The Morgan fingerprint density at radius 3 is 2.59 bits per heavy atom. The van der Waals surface area contributed by atoms with Gasteiger partial charge in [0.15, 0.2) is 5.82 Å². The summed E-state index contributed by atoms with van der Waals surface area (Å²) in [7, 11) is 3.63. The Morgan fingerprint density at radius 2 is 1.93 bits per heavy atom. The van der Waals surface area contributed by atoms with E-state index < -0.39 is 0 Å². The Balaban J connectivity index is 1.72. The minimum atomic E-state index is 0.364. The highest BCUT2D eigenvalue weighted by Crippen LogP contribution is 2.33. The number of rotatable bonds is 5. The molecule has 144 valence electrons. The number of nitriles is 1. The van der Waals surface area contributed by atoms with Crippen molar-refractivity contribution in [3.05, 3.63) is 60.2 Å². The maximum atomic E-state index is 9.29. The molecule has 0 aliphatic heterocycles. The lowest BCUT2D eigenvalue weighted by Gasteiger charge is -2.11. The Morgan fingerprint density at radius 1 is 1.14 bits per heavy atom. The molecule has 0 fully saturated rings. The van der Waals surface area contributed by atoms with Crippen molar-refractivity contribution >= 4 is 0 Å². The van der Waals surface area contributed by atoms with Crippen LogP contribution in [0.4, 0.5) is 0 Å². The van der Waals surface area contributed by atoms with E-state index in [0.29, 0.717) is 35.1 Å². The number of nitrogens with zero attached hydrogens (tertiary/aromatic N) is 7. The first-order valence-corrected chi connectivity index (χ1v) is 8.84. The molecule has 0 radical (unpaired) electrons. The zero-order valence-electron chi connectivity index (χ0n) is 15.9. The van der Waals surface area contributed by atoms with Gasteiger partial charge in [0, 0.05) is 56.4 Å². The fourth-order valence-electron chi connectivity index (χ4n) is 2.81. The van der Waals surface area contributed by atoms with Crippen LogP contribution >= 0.6 is 0 Å². The molecule has 0 aliphatic rings. The van der Waals surface area contributed by atoms with Gasteiger partial charge in [-0.15, -0.1) is 0 Å². The summed E-state index contributed by atoms with van der Waals surface area (Å²) in [6.45, 7) is 0.364. The molecule has 0 bridgehead atoms. The molecule has 0 saturated carbocycles. The van der Waals surface area contributed by atoms with Crippen LogP contribution in [0.25, 0.3) is 22.6 Å². The summed E-state index contributed by atoms with van der Waals surface area (Å²) in [5.74, 6) is 1.46. The average Bonchev–Trinajstić information content (AvgIpc) is 3.34. The van der Waals surface area contributed by atoms with Crippen LogP contribution in [0.3, 0.4) is 0 Å². The first-order chi connectivity index (χ1) is 14.1. The highest BCUT2D eigenvalue weighted by molar-refractivity contribution is 5.67. The van der Waals surface area contributed by atoms with Crippen LogP contribution in [0, 0.1) is 11.3 Å². The van der Waals surface area contributed by atoms with E-state index in [4.69, 9.17) is 10.5 Å². The molecular weight excluding hydrogens is 368 g/mol. The van der Waals surface area contributed by atoms with E-state index in [9.17, 15) is 5.26 Å². The standard InChI is InChI=1S/C20H18N8O/c1-27-12-15(11-25-27)17-6-19(28(2)26-17)29-18-5-13(7-21)3-4-16(18)20-23-9-14(8-22)10-24-20/h3-6,9-12H,8,22H2,1-2H3. The molecule has 29 heavy (non-hydrogen) atoms. The third-order valence-electron chi connectivity index (χ3n) is 4.34. The molecule has 2 N–H and O–H groups in total. The van der Waals surface area contributed by atoms with Crippen molar-refractivity contribution in [3.8, 4) is 40.3 Å². The lowest BCUT2D eigenvalue weighted by molar-refractivity contribution is 0.432. The second kappa shape index (κ2) is 7.53. The average molecular weight is 386 g/mol. The lowest BCUT2D eigenvalue weighted by Crippen LogP contribution is -2.01. The highest BCUT2D eigenvalue weighted by atomic mass is 16.5. The predicted molar refractivity (Wildman–Crippen MR) is 106 cm³/mol. The lowest BCUT2D eigenvalue weighted by atomic mass is 10.1. The largest absolute Gasteiger partial charge is 0.438 e. The number of aromatic nitrogens is 6. The maximum Gasteiger partial charge on any atom is 0.218 e. The monoisotopic (exact) mass is 386 g/mol. The van der Waals surface area contributed by atoms with Crippen molar-refractivity contribution in [2.45, 2.75) is 6.54 Å².